The molecule has 0 saturated carbocycles. The molecule has 2 heterocycles. The van der Waals surface area contributed by atoms with Crippen molar-refractivity contribution >= 4 is 11.5 Å². The van der Waals surface area contributed by atoms with Gasteiger partial charge in [-0.2, -0.15) is 9.61 Å². The quantitative estimate of drug-likeness (QED) is 0.707. The molecule has 0 fully saturated rings. The van der Waals surface area contributed by atoms with Crippen LogP contribution in [-0.2, 0) is 0 Å². The maximum absolute atomic E-state index is 11.3. The molecule has 0 aliphatic heterocycles. The van der Waals surface area contributed by atoms with Crippen LogP contribution in [0.2, 0.25) is 0 Å². The summed E-state index contributed by atoms with van der Waals surface area (Å²) in [5.74, 6) is 0.975. The predicted octanol–water partition coefficient (Wildman–Crippen LogP) is 0.236. The number of aromatic amines is 1. The van der Waals surface area contributed by atoms with Crippen LogP contribution in [-0.4, -0.2) is 37.6 Å². The van der Waals surface area contributed by atoms with Crippen molar-refractivity contribution in [2.24, 2.45) is 5.92 Å². The number of aliphatic hydroxyl groups excluding tert-OH is 1. The van der Waals surface area contributed by atoms with Gasteiger partial charge in [0.15, 0.2) is 5.65 Å². The second-order valence-corrected chi connectivity index (χ2v) is 4.68. The molecule has 0 radical (unpaired) electrons. The lowest BCUT2D eigenvalue weighted by Gasteiger charge is -2.13. The Balaban J connectivity index is 2.03. The molecule has 7 heteroatoms. The molecule has 2 aromatic rings. The number of aliphatic hydroxyl groups is 1. The Morgan fingerprint density at radius 1 is 1.50 bits per heavy atom. The summed E-state index contributed by atoms with van der Waals surface area (Å²) in [6.45, 7) is 4.51. The van der Waals surface area contributed by atoms with Crippen LogP contribution in [0, 0.1) is 5.92 Å². The maximum Gasteiger partial charge on any atom is 0.364 e. The highest BCUT2D eigenvalue weighted by molar-refractivity contribution is 5.42. The Bertz CT molecular complexity index is 574. The minimum Gasteiger partial charge on any atom is -0.391 e. The summed E-state index contributed by atoms with van der Waals surface area (Å²) in [6, 6.07) is 3.40. The lowest BCUT2D eigenvalue weighted by atomic mass is 10.1. The zero-order chi connectivity index (χ0) is 13.1. The van der Waals surface area contributed by atoms with Gasteiger partial charge in [-0.05, 0) is 24.5 Å². The van der Waals surface area contributed by atoms with Crippen LogP contribution in [0.1, 0.15) is 20.3 Å². The van der Waals surface area contributed by atoms with E-state index in [1.807, 2.05) is 0 Å². The first-order chi connectivity index (χ1) is 8.56. The van der Waals surface area contributed by atoms with Crippen molar-refractivity contribution in [1.82, 2.24) is 19.8 Å². The standard InChI is InChI=1S/C11H17N5O2/c1-7(2)5-8(17)6-12-9-3-4-10-13-14-11(18)16(10)15-9/h3-4,7-8,17H,5-6H2,1-2H3,(H,12,15)(H,14,18). The van der Waals surface area contributed by atoms with E-state index in [1.54, 1.807) is 12.1 Å². The molecule has 2 aromatic heterocycles. The highest BCUT2D eigenvalue weighted by atomic mass is 16.3. The van der Waals surface area contributed by atoms with Gasteiger partial charge in [0.25, 0.3) is 0 Å². The van der Waals surface area contributed by atoms with Gasteiger partial charge in [-0.1, -0.05) is 13.8 Å². The second-order valence-electron chi connectivity index (χ2n) is 4.68. The van der Waals surface area contributed by atoms with Crippen LogP contribution in [0.5, 0.6) is 0 Å². The average Bonchev–Trinajstić information content (AvgIpc) is 2.68. The largest absolute Gasteiger partial charge is 0.391 e. The molecular formula is C11H17N5O2. The van der Waals surface area contributed by atoms with Gasteiger partial charge in [0, 0.05) is 6.54 Å². The summed E-state index contributed by atoms with van der Waals surface area (Å²) in [6.07, 6.45) is 0.296. The van der Waals surface area contributed by atoms with E-state index in [0.29, 0.717) is 23.9 Å². The number of fused-ring (bicyclic) bond motifs is 1. The second kappa shape index (κ2) is 5.18. The van der Waals surface area contributed by atoms with E-state index in [1.165, 1.54) is 4.52 Å². The van der Waals surface area contributed by atoms with Crippen LogP contribution in [0.25, 0.3) is 5.65 Å². The molecule has 0 aromatic carbocycles. The number of aromatic nitrogens is 4. The first-order valence-electron chi connectivity index (χ1n) is 5.92. The van der Waals surface area contributed by atoms with E-state index in [9.17, 15) is 9.90 Å². The lowest BCUT2D eigenvalue weighted by Crippen LogP contribution is -2.22. The van der Waals surface area contributed by atoms with Gasteiger partial charge in [0.05, 0.1) is 6.10 Å². The van der Waals surface area contributed by atoms with Crippen molar-refractivity contribution in [3.63, 3.8) is 0 Å². The Morgan fingerprint density at radius 3 is 3.00 bits per heavy atom. The predicted molar refractivity (Wildman–Crippen MR) is 67.6 cm³/mol. The molecule has 3 N–H and O–H groups in total. The Kier molecular flexibility index (Phi) is 3.61. The molecular weight excluding hydrogens is 234 g/mol. The van der Waals surface area contributed by atoms with Crippen molar-refractivity contribution in [1.29, 1.82) is 0 Å². The van der Waals surface area contributed by atoms with Crippen LogP contribution in [0.15, 0.2) is 16.9 Å². The number of hydrogen-bond acceptors (Lipinski definition) is 5. The average molecular weight is 251 g/mol. The van der Waals surface area contributed by atoms with Gasteiger partial charge in [-0.25, -0.2) is 9.89 Å². The summed E-state index contributed by atoms with van der Waals surface area (Å²) in [5, 5.41) is 22.9. The van der Waals surface area contributed by atoms with Crippen LogP contribution in [0.4, 0.5) is 5.82 Å². The van der Waals surface area contributed by atoms with Crippen molar-refractivity contribution in [2.75, 3.05) is 11.9 Å². The number of hydrogen-bond donors (Lipinski definition) is 3. The third-order valence-corrected chi connectivity index (χ3v) is 2.54. The van der Waals surface area contributed by atoms with Crippen molar-refractivity contribution in [3.05, 3.63) is 22.6 Å². The number of nitrogens with one attached hydrogen (secondary N) is 2. The molecule has 0 amide bonds. The van der Waals surface area contributed by atoms with Crippen molar-refractivity contribution in [2.45, 2.75) is 26.4 Å². The van der Waals surface area contributed by atoms with Gasteiger partial charge in [0.2, 0.25) is 0 Å². The van der Waals surface area contributed by atoms with Gasteiger partial charge >= 0.3 is 5.69 Å². The van der Waals surface area contributed by atoms with E-state index in [0.717, 1.165) is 6.42 Å². The van der Waals surface area contributed by atoms with Crippen LogP contribution < -0.4 is 11.0 Å². The molecule has 0 bridgehead atoms. The maximum atomic E-state index is 11.3. The Morgan fingerprint density at radius 2 is 2.28 bits per heavy atom. The molecule has 18 heavy (non-hydrogen) atoms. The first kappa shape index (κ1) is 12.6. The molecule has 0 aliphatic rings. The third kappa shape index (κ3) is 2.86. The van der Waals surface area contributed by atoms with E-state index in [2.05, 4.69) is 34.5 Å². The third-order valence-electron chi connectivity index (χ3n) is 2.54. The summed E-state index contributed by atoms with van der Waals surface area (Å²) in [5.41, 5.74) is 0.0876. The van der Waals surface area contributed by atoms with Crippen LogP contribution in [0.3, 0.4) is 0 Å². The SMILES string of the molecule is CC(C)CC(O)CNc1ccc2n[nH]c(=O)n2n1. The van der Waals surface area contributed by atoms with Crippen molar-refractivity contribution in [3.8, 4) is 0 Å². The van der Waals surface area contributed by atoms with Crippen molar-refractivity contribution < 1.29 is 5.11 Å². The van der Waals surface area contributed by atoms with Crippen LogP contribution >= 0.6 is 0 Å². The topological polar surface area (TPSA) is 95.3 Å². The lowest BCUT2D eigenvalue weighted by molar-refractivity contribution is 0.161. The minimum absolute atomic E-state index is 0.378. The fourth-order valence-corrected chi connectivity index (χ4v) is 1.75. The molecule has 98 valence electrons. The zero-order valence-corrected chi connectivity index (χ0v) is 10.4. The molecule has 7 nitrogen and oxygen atoms in total. The van der Waals surface area contributed by atoms with E-state index < -0.39 is 6.10 Å². The Labute approximate surface area is 104 Å². The molecule has 0 spiro atoms. The van der Waals surface area contributed by atoms with E-state index >= 15 is 0 Å². The zero-order valence-electron chi connectivity index (χ0n) is 10.4. The Hall–Kier alpha value is -1.89. The summed E-state index contributed by atoms with van der Waals surface area (Å²) < 4.78 is 1.18. The highest BCUT2D eigenvalue weighted by Crippen LogP contribution is 2.07. The molecule has 0 saturated heterocycles. The number of nitrogens with zero attached hydrogens (tertiary/aromatic N) is 3. The highest BCUT2D eigenvalue weighted by Gasteiger charge is 2.08. The van der Waals surface area contributed by atoms with Gasteiger partial charge in [0.1, 0.15) is 5.82 Å². The summed E-state index contributed by atoms with van der Waals surface area (Å²) in [7, 11) is 0. The first-order valence-corrected chi connectivity index (χ1v) is 5.92. The summed E-state index contributed by atoms with van der Waals surface area (Å²) in [4.78, 5) is 11.3. The van der Waals surface area contributed by atoms with E-state index in [4.69, 9.17) is 0 Å². The minimum atomic E-state index is -0.427. The number of H-pyrrole nitrogens is 1. The van der Waals surface area contributed by atoms with Gasteiger partial charge in [-0.15, -0.1) is 5.10 Å². The van der Waals surface area contributed by atoms with Gasteiger partial charge in [-0.3, -0.25) is 0 Å². The molecule has 0 aliphatic carbocycles. The van der Waals surface area contributed by atoms with Gasteiger partial charge < -0.3 is 10.4 Å². The number of anilines is 1. The monoisotopic (exact) mass is 251 g/mol. The fraction of sp³-hybridized carbons (Fsp3) is 0.545. The summed E-state index contributed by atoms with van der Waals surface area (Å²) >= 11 is 0. The number of rotatable bonds is 5. The fourth-order valence-electron chi connectivity index (χ4n) is 1.75. The smallest absolute Gasteiger partial charge is 0.364 e. The van der Waals surface area contributed by atoms with E-state index in [-0.39, 0.29) is 5.69 Å². The normalized spacial score (nSPS) is 13.1. The molecule has 2 rings (SSSR count). The molecule has 1 unspecified atom stereocenters. The molecule has 1 atom stereocenters.